The highest BCUT2D eigenvalue weighted by molar-refractivity contribution is 7.13. The molecule has 0 amide bonds. The van der Waals surface area contributed by atoms with E-state index in [1.165, 1.54) is 70.1 Å². The first-order valence-electron chi connectivity index (χ1n) is 20.1. The van der Waals surface area contributed by atoms with Gasteiger partial charge in [0.1, 0.15) is 0 Å². The Bertz CT molecular complexity index is 1430. The Kier molecular flexibility index (Phi) is 16.4. The monoisotopic (exact) mass is 754 g/mol. The molecule has 302 valence electrons. The van der Waals surface area contributed by atoms with Crippen molar-refractivity contribution in [3.05, 3.63) is 112 Å². The molecule has 3 nitrogen and oxygen atoms in total. The van der Waals surface area contributed by atoms with Gasteiger partial charge in [0.15, 0.2) is 8.07 Å². The number of hydrogen-bond donors (Lipinski definition) is 3. The highest BCUT2D eigenvalue weighted by atomic mass is 28.3. The Morgan fingerprint density at radius 1 is 0.315 bits per heavy atom. The lowest BCUT2D eigenvalue weighted by Crippen LogP contribution is -2.70. The molecule has 4 rings (SSSR count). The summed E-state index contributed by atoms with van der Waals surface area (Å²) in [6.07, 6.45) is 9.66. The number of rotatable bonds is 4. The summed E-state index contributed by atoms with van der Waals surface area (Å²) in [7, 11) is 1.67. The highest BCUT2D eigenvalue weighted by Crippen LogP contribution is 2.38. The van der Waals surface area contributed by atoms with Crippen LogP contribution in [0.5, 0.6) is 0 Å². The number of hydrogen-bond acceptors (Lipinski definition) is 3. The van der Waals surface area contributed by atoms with Crippen molar-refractivity contribution in [3.63, 3.8) is 0 Å². The molecule has 0 saturated carbocycles. The molecule has 0 bridgehead atoms. The van der Waals surface area contributed by atoms with Gasteiger partial charge >= 0.3 is 0 Å². The zero-order valence-corrected chi connectivity index (χ0v) is 39.8. The third-order valence-corrected chi connectivity index (χ3v) is 15.6. The maximum absolute atomic E-state index is 4.50. The number of nitrogens with two attached hydrogens (primary N) is 3. The molecule has 6 N–H and O–H groups in total. The van der Waals surface area contributed by atoms with Gasteiger partial charge in [-0.15, -0.1) is 0 Å². The molecular weight excluding hydrogens is 671 g/mol. The van der Waals surface area contributed by atoms with Crippen LogP contribution in [0.1, 0.15) is 158 Å². The Labute approximate surface area is 335 Å². The van der Waals surface area contributed by atoms with Gasteiger partial charge in [-0.05, 0) is 103 Å². The second-order valence-corrected chi connectivity index (χ2v) is 25.0. The quantitative estimate of drug-likeness (QED) is 0.183. The highest BCUT2D eigenvalue weighted by Gasteiger charge is 2.48. The number of benzene rings is 3. The van der Waals surface area contributed by atoms with Gasteiger partial charge in [-0.2, -0.15) is 0 Å². The van der Waals surface area contributed by atoms with Crippen LogP contribution in [0, 0.1) is 0 Å². The lowest BCUT2D eigenvalue weighted by atomic mass is 9.80. The van der Waals surface area contributed by atoms with Crippen molar-refractivity contribution in [3.8, 4) is 0 Å². The van der Waals surface area contributed by atoms with E-state index < -0.39 is 8.07 Å². The zero-order valence-electron chi connectivity index (χ0n) is 38.8. The fourth-order valence-electron chi connectivity index (χ4n) is 6.96. The molecule has 0 aliphatic heterocycles. The molecule has 3 aromatic rings. The van der Waals surface area contributed by atoms with Gasteiger partial charge in [-0.25, -0.2) is 0 Å². The molecule has 0 heterocycles. The van der Waals surface area contributed by atoms with Crippen LogP contribution in [0.25, 0.3) is 0 Å². The van der Waals surface area contributed by atoms with Crippen LogP contribution in [0.4, 0.5) is 0 Å². The van der Waals surface area contributed by atoms with Crippen molar-refractivity contribution in [2.75, 3.05) is 21.1 Å². The van der Waals surface area contributed by atoms with Crippen LogP contribution in [0.15, 0.2) is 78.9 Å². The smallest absolute Gasteiger partial charge is 0.158 e. The predicted octanol–water partition coefficient (Wildman–Crippen LogP) is 10.2. The lowest BCUT2D eigenvalue weighted by Gasteiger charge is -2.42. The van der Waals surface area contributed by atoms with Crippen molar-refractivity contribution in [1.29, 1.82) is 0 Å². The molecule has 1 aliphatic carbocycles. The molecule has 0 radical (unpaired) electrons. The summed E-state index contributed by atoms with van der Waals surface area (Å²) in [6.45, 7) is 42.9. The predicted molar refractivity (Wildman–Crippen MR) is 249 cm³/mol. The maximum Gasteiger partial charge on any atom is 0.158 e. The van der Waals surface area contributed by atoms with Gasteiger partial charge in [0, 0.05) is 5.54 Å². The standard InChI is InChI=1S/C47H68Si.3CH5N/c1-42(2,3)32-23-33(43(4,5)6)27-39(26-32)48(38-21-19-20-22-38,40-28-34(44(7,8)9)24-35(29-40)45(10,11)12)41-30-36(46(13,14)15)25-37(31-41)47(16,17)18;3*1-2/h19-31,38H,1-18H3;3*2H2,1H3. The minimum atomic E-state index is -2.83. The van der Waals surface area contributed by atoms with Gasteiger partial charge in [0.2, 0.25) is 0 Å². The van der Waals surface area contributed by atoms with Crippen LogP contribution in [-0.4, -0.2) is 29.2 Å². The molecular formula is C50H83N3Si. The van der Waals surface area contributed by atoms with Crippen molar-refractivity contribution in [2.45, 2.75) is 163 Å². The molecule has 0 aromatic heterocycles. The average molecular weight is 754 g/mol. The molecule has 0 fully saturated rings. The Morgan fingerprint density at radius 3 is 0.630 bits per heavy atom. The first kappa shape index (κ1) is 49.3. The van der Waals surface area contributed by atoms with E-state index in [9.17, 15) is 0 Å². The zero-order chi connectivity index (χ0) is 42.5. The number of allylic oxidation sites excluding steroid dienone is 4. The summed E-state index contributed by atoms with van der Waals surface area (Å²) >= 11 is 0. The SMILES string of the molecule is CC(C)(C)c1cc(C(C)(C)C)cc([Si](c2cc(C(C)(C)C)cc(C(C)(C)C)c2)(c2cc(C(C)(C)C)cc(C(C)(C)C)c2)C2C=CC=C2)c1.CN.CN.CN. The van der Waals surface area contributed by atoms with E-state index in [0.717, 1.165) is 0 Å². The Hall–Kier alpha value is -2.76. The summed E-state index contributed by atoms with van der Waals surface area (Å²) in [6, 6.07) is 23.3. The van der Waals surface area contributed by atoms with E-state index in [4.69, 9.17) is 0 Å². The topological polar surface area (TPSA) is 78.1 Å². The van der Waals surface area contributed by atoms with E-state index in [0.29, 0.717) is 0 Å². The molecule has 54 heavy (non-hydrogen) atoms. The van der Waals surface area contributed by atoms with Gasteiger partial charge in [-0.3, -0.25) is 0 Å². The van der Waals surface area contributed by atoms with Gasteiger partial charge in [-0.1, -0.05) is 204 Å². The molecule has 1 aliphatic rings. The molecule has 3 aromatic carbocycles. The normalized spacial score (nSPS) is 14.1. The largest absolute Gasteiger partial charge is 0.333 e. The minimum absolute atomic E-state index is 0.0190. The Morgan fingerprint density at radius 2 is 0.481 bits per heavy atom. The van der Waals surface area contributed by atoms with E-state index in [1.807, 2.05) is 0 Å². The second-order valence-electron chi connectivity index (χ2n) is 21.0. The minimum Gasteiger partial charge on any atom is -0.333 e. The average Bonchev–Trinajstić information content (AvgIpc) is 3.60. The summed E-state index contributed by atoms with van der Waals surface area (Å²) in [4.78, 5) is 0. The first-order valence-corrected chi connectivity index (χ1v) is 22.2. The van der Waals surface area contributed by atoms with Crippen molar-refractivity contribution >= 4 is 23.6 Å². The van der Waals surface area contributed by atoms with Crippen LogP contribution in [0.2, 0.25) is 5.54 Å². The fraction of sp³-hybridized carbons (Fsp3) is 0.560. The van der Waals surface area contributed by atoms with Gasteiger partial charge < -0.3 is 17.2 Å². The summed E-state index contributed by atoms with van der Waals surface area (Å²) < 4.78 is 0. The molecule has 0 spiro atoms. The third-order valence-electron chi connectivity index (χ3n) is 10.6. The van der Waals surface area contributed by atoms with Gasteiger partial charge in [0.05, 0.1) is 0 Å². The van der Waals surface area contributed by atoms with Crippen LogP contribution in [0.3, 0.4) is 0 Å². The van der Waals surface area contributed by atoms with Crippen molar-refractivity contribution in [2.24, 2.45) is 17.2 Å². The van der Waals surface area contributed by atoms with Crippen LogP contribution in [-0.2, 0) is 32.5 Å². The third kappa shape index (κ3) is 11.4. The van der Waals surface area contributed by atoms with Crippen molar-refractivity contribution in [1.82, 2.24) is 0 Å². The van der Waals surface area contributed by atoms with E-state index in [2.05, 4.69) is 221 Å². The first-order chi connectivity index (χ1) is 24.6. The van der Waals surface area contributed by atoms with E-state index in [-0.39, 0.29) is 38.0 Å². The fourth-order valence-corrected chi connectivity index (χ4v) is 12.2. The molecule has 0 unspecified atom stereocenters. The summed E-state index contributed by atoms with van der Waals surface area (Å²) in [5, 5.41) is 4.58. The van der Waals surface area contributed by atoms with Crippen molar-refractivity contribution < 1.29 is 0 Å². The van der Waals surface area contributed by atoms with Crippen LogP contribution >= 0.6 is 0 Å². The second kappa shape index (κ2) is 18.0. The van der Waals surface area contributed by atoms with E-state index >= 15 is 0 Å². The van der Waals surface area contributed by atoms with Gasteiger partial charge in [0.25, 0.3) is 0 Å². The summed E-state index contributed by atoms with van der Waals surface area (Å²) in [5.74, 6) is 0. The molecule has 0 saturated heterocycles. The Balaban J connectivity index is 0.00000231. The molecule has 4 heteroatoms. The lowest BCUT2D eigenvalue weighted by molar-refractivity contribution is 0.569. The maximum atomic E-state index is 4.50. The van der Waals surface area contributed by atoms with Crippen LogP contribution < -0.4 is 32.8 Å². The van der Waals surface area contributed by atoms with E-state index in [1.54, 1.807) is 0 Å². The summed E-state index contributed by atoms with van der Waals surface area (Å²) in [5.41, 5.74) is 22.5. The molecule has 0 atom stereocenters.